The molecule has 3 fully saturated rings. The molecule has 136 valence electrons. The van der Waals surface area contributed by atoms with Crippen molar-refractivity contribution in [1.82, 2.24) is 5.32 Å². The highest BCUT2D eigenvalue weighted by Crippen LogP contribution is 2.64. The lowest BCUT2D eigenvalue weighted by molar-refractivity contribution is -0.127. The van der Waals surface area contributed by atoms with Crippen LogP contribution in [0.5, 0.6) is 0 Å². The van der Waals surface area contributed by atoms with E-state index < -0.39 is 0 Å². The first-order chi connectivity index (χ1) is 11.8. The lowest BCUT2D eigenvalue weighted by Gasteiger charge is -2.57. The number of allylic oxidation sites excluding steroid dienone is 1. The molecule has 4 aliphatic carbocycles. The van der Waals surface area contributed by atoms with Crippen molar-refractivity contribution in [2.24, 2.45) is 28.6 Å². The molecule has 4 rings (SSSR count). The molecule has 3 saturated carbocycles. The van der Waals surface area contributed by atoms with Gasteiger partial charge in [0.25, 0.3) is 0 Å². The third-order valence-electron chi connectivity index (χ3n) is 8.15. The number of carbonyl (C=O) groups is 3. The van der Waals surface area contributed by atoms with Crippen LogP contribution in [0.3, 0.4) is 0 Å². The minimum Gasteiger partial charge on any atom is -0.346 e. The van der Waals surface area contributed by atoms with Crippen LogP contribution < -0.4 is 5.32 Å². The summed E-state index contributed by atoms with van der Waals surface area (Å²) in [6.45, 7) is 6.08. The molecule has 4 aliphatic rings. The third kappa shape index (κ3) is 2.36. The zero-order chi connectivity index (χ0) is 18.0. The molecule has 0 aromatic rings. The highest BCUT2D eigenvalue weighted by molar-refractivity contribution is 5.92. The number of carbonyl (C=O) groups excluding carboxylic acids is 3. The molecule has 6 atom stereocenters. The zero-order valence-electron chi connectivity index (χ0n) is 15.6. The first-order valence-electron chi connectivity index (χ1n) is 9.79. The van der Waals surface area contributed by atoms with Gasteiger partial charge in [0.2, 0.25) is 5.91 Å². The quantitative estimate of drug-likeness (QED) is 0.795. The fourth-order valence-electron chi connectivity index (χ4n) is 6.80. The summed E-state index contributed by atoms with van der Waals surface area (Å²) >= 11 is 0. The van der Waals surface area contributed by atoms with E-state index in [0.29, 0.717) is 30.6 Å². The molecule has 0 spiro atoms. The summed E-state index contributed by atoms with van der Waals surface area (Å²) in [5.74, 6) is 1.88. The van der Waals surface area contributed by atoms with E-state index in [0.717, 1.165) is 32.1 Å². The maximum atomic E-state index is 12.7. The number of ketones is 2. The normalized spacial score (nSPS) is 46.0. The summed E-state index contributed by atoms with van der Waals surface area (Å²) in [5, 5.41) is 2.95. The summed E-state index contributed by atoms with van der Waals surface area (Å²) in [6, 6.07) is -0.311. The fourth-order valence-corrected chi connectivity index (χ4v) is 6.80. The molecule has 0 bridgehead atoms. The average Bonchev–Trinajstić information content (AvgIpc) is 2.79. The highest BCUT2D eigenvalue weighted by atomic mass is 16.2. The number of hydrogen-bond acceptors (Lipinski definition) is 3. The monoisotopic (exact) mass is 343 g/mol. The number of amides is 1. The molecule has 0 aliphatic heterocycles. The van der Waals surface area contributed by atoms with Crippen LogP contribution in [0.1, 0.15) is 65.7 Å². The molecular weight excluding hydrogens is 314 g/mol. The molecule has 0 aromatic heterocycles. The molecule has 1 amide bonds. The predicted octanol–water partition coefficient (Wildman–Crippen LogP) is 3.20. The van der Waals surface area contributed by atoms with Gasteiger partial charge in [-0.1, -0.05) is 19.4 Å². The van der Waals surface area contributed by atoms with Gasteiger partial charge >= 0.3 is 0 Å². The molecule has 0 saturated heterocycles. The molecule has 0 heterocycles. The SMILES string of the molecule is CC(=O)N[C@H]1C(=O)C[C@@H]2[C@H]3CCC4=CC(=O)CC[C@@]4(C)[C@@H]3CC[C@@]21C. The standard InChI is InChI=1S/C21H29NO3/c1-12(23)22-19-18(25)11-17-15-5-4-13-10-14(24)6-8-20(13,2)16(15)7-9-21(17,19)3/h10,15-17,19H,4-9,11H2,1-3H3,(H,22,23)/t15-,16+,17+,19-,20+,21-/m0/s1. The van der Waals surface area contributed by atoms with Gasteiger partial charge in [0.15, 0.2) is 11.6 Å². The van der Waals surface area contributed by atoms with E-state index in [-0.39, 0.29) is 34.3 Å². The summed E-state index contributed by atoms with van der Waals surface area (Å²) in [7, 11) is 0. The Morgan fingerprint density at radius 3 is 2.60 bits per heavy atom. The van der Waals surface area contributed by atoms with Gasteiger partial charge in [0.05, 0.1) is 6.04 Å². The number of hydrogen-bond donors (Lipinski definition) is 1. The number of nitrogens with one attached hydrogen (secondary N) is 1. The third-order valence-corrected chi connectivity index (χ3v) is 8.15. The van der Waals surface area contributed by atoms with E-state index >= 15 is 0 Å². The topological polar surface area (TPSA) is 63.2 Å². The summed E-state index contributed by atoms with van der Waals surface area (Å²) < 4.78 is 0. The lowest BCUT2D eigenvalue weighted by Crippen LogP contribution is -2.54. The first kappa shape index (κ1) is 17.0. The van der Waals surface area contributed by atoms with E-state index in [1.165, 1.54) is 12.5 Å². The van der Waals surface area contributed by atoms with Crippen molar-refractivity contribution in [3.8, 4) is 0 Å². The maximum absolute atomic E-state index is 12.7. The van der Waals surface area contributed by atoms with Gasteiger partial charge < -0.3 is 5.32 Å². The Balaban J connectivity index is 1.66. The van der Waals surface area contributed by atoms with E-state index in [4.69, 9.17) is 0 Å². The molecule has 4 heteroatoms. The Hall–Kier alpha value is -1.45. The van der Waals surface area contributed by atoms with Crippen LogP contribution in [0, 0.1) is 28.6 Å². The van der Waals surface area contributed by atoms with Crippen LogP contribution >= 0.6 is 0 Å². The first-order valence-corrected chi connectivity index (χ1v) is 9.79. The van der Waals surface area contributed by atoms with Crippen LogP contribution in [0.2, 0.25) is 0 Å². The van der Waals surface area contributed by atoms with Crippen LogP contribution in [-0.2, 0) is 14.4 Å². The van der Waals surface area contributed by atoms with Gasteiger partial charge in [-0.3, -0.25) is 14.4 Å². The number of rotatable bonds is 1. The van der Waals surface area contributed by atoms with Crippen molar-refractivity contribution in [1.29, 1.82) is 0 Å². The highest BCUT2D eigenvalue weighted by Gasteiger charge is 2.61. The van der Waals surface area contributed by atoms with Gasteiger partial charge in [-0.2, -0.15) is 0 Å². The van der Waals surface area contributed by atoms with Crippen molar-refractivity contribution in [3.63, 3.8) is 0 Å². The van der Waals surface area contributed by atoms with Crippen molar-refractivity contribution in [2.75, 3.05) is 0 Å². The predicted molar refractivity (Wildman–Crippen MR) is 94.7 cm³/mol. The van der Waals surface area contributed by atoms with Crippen molar-refractivity contribution in [2.45, 2.75) is 71.8 Å². The zero-order valence-corrected chi connectivity index (χ0v) is 15.6. The fraction of sp³-hybridized carbons (Fsp3) is 0.762. The van der Waals surface area contributed by atoms with Gasteiger partial charge in [0.1, 0.15) is 0 Å². The molecule has 1 N–H and O–H groups in total. The van der Waals surface area contributed by atoms with Gasteiger partial charge in [-0.15, -0.1) is 0 Å². The van der Waals surface area contributed by atoms with E-state index in [1.807, 2.05) is 6.08 Å². The molecular formula is C21H29NO3. The molecule has 4 nitrogen and oxygen atoms in total. The van der Waals surface area contributed by atoms with Crippen molar-refractivity contribution < 1.29 is 14.4 Å². The molecule has 0 unspecified atom stereocenters. The van der Waals surface area contributed by atoms with Gasteiger partial charge in [-0.25, -0.2) is 0 Å². The summed E-state index contributed by atoms with van der Waals surface area (Å²) in [5.41, 5.74) is 1.38. The second-order valence-electron chi connectivity index (χ2n) is 9.32. The smallest absolute Gasteiger partial charge is 0.217 e. The Bertz CT molecular complexity index is 681. The van der Waals surface area contributed by atoms with Gasteiger partial charge in [-0.05, 0) is 66.8 Å². The number of Topliss-reactive ketones (excluding diaryl/α,β-unsaturated/α-hetero) is 1. The molecule has 25 heavy (non-hydrogen) atoms. The van der Waals surface area contributed by atoms with Crippen LogP contribution in [0.15, 0.2) is 11.6 Å². The Morgan fingerprint density at radius 2 is 1.88 bits per heavy atom. The second kappa shape index (κ2) is 5.52. The van der Waals surface area contributed by atoms with Crippen molar-refractivity contribution >= 4 is 17.5 Å². The minimum atomic E-state index is -0.311. The van der Waals surface area contributed by atoms with E-state index in [1.54, 1.807) is 0 Å². The molecule has 0 aromatic carbocycles. The van der Waals surface area contributed by atoms with Crippen LogP contribution in [-0.4, -0.2) is 23.5 Å². The Labute approximate surface area is 149 Å². The van der Waals surface area contributed by atoms with E-state index in [2.05, 4.69) is 19.2 Å². The maximum Gasteiger partial charge on any atom is 0.217 e. The average molecular weight is 343 g/mol. The van der Waals surface area contributed by atoms with Crippen LogP contribution in [0.25, 0.3) is 0 Å². The molecule has 0 radical (unpaired) electrons. The summed E-state index contributed by atoms with van der Waals surface area (Å²) in [6.07, 6.45) is 8.33. The van der Waals surface area contributed by atoms with E-state index in [9.17, 15) is 14.4 Å². The summed E-state index contributed by atoms with van der Waals surface area (Å²) in [4.78, 5) is 36.2. The second-order valence-corrected chi connectivity index (χ2v) is 9.32. The lowest BCUT2D eigenvalue weighted by atomic mass is 9.47. The number of fused-ring (bicyclic) bond motifs is 5. The van der Waals surface area contributed by atoms with Crippen molar-refractivity contribution in [3.05, 3.63) is 11.6 Å². The Morgan fingerprint density at radius 1 is 1.12 bits per heavy atom. The largest absolute Gasteiger partial charge is 0.346 e. The Kier molecular flexibility index (Phi) is 3.75. The van der Waals surface area contributed by atoms with Gasteiger partial charge in [0, 0.05) is 19.8 Å². The van der Waals surface area contributed by atoms with Crippen LogP contribution in [0.4, 0.5) is 0 Å². The minimum absolute atomic E-state index is 0.103.